The second kappa shape index (κ2) is 8.74. The van der Waals surface area contributed by atoms with Gasteiger partial charge in [-0.15, -0.1) is 0 Å². The summed E-state index contributed by atoms with van der Waals surface area (Å²) in [6, 6.07) is 8.57. The van der Waals surface area contributed by atoms with Crippen molar-refractivity contribution in [3.8, 4) is 0 Å². The molecule has 1 amide bonds. The van der Waals surface area contributed by atoms with Crippen molar-refractivity contribution < 1.29 is 22.7 Å². The van der Waals surface area contributed by atoms with Crippen molar-refractivity contribution in [1.29, 1.82) is 0 Å². The number of nitrogens with one attached hydrogen (secondary N) is 2. The molecule has 2 rings (SSSR count). The third-order valence-electron chi connectivity index (χ3n) is 3.37. The van der Waals surface area contributed by atoms with Crippen LogP contribution in [0.3, 0.4) is 0 Å². The van der Waals surface area contributed by atoms with Crippen LogP contribution in [0.1, 0.15) is 31.1 Å². The summed E-state index contributed by atoms with van der Waals surface area (Å²) in [7, 11) is -3.61. The average molecular weight is 391 g/mol. The molecule has 1 heterocycles. The van der Waals surface area contributed by atoms with Crippen molar-refractivity contribution in [2.45, 2.75) is 37.8 Å². The van der Waals surface area contributed by atoms with E-state index in [1.54, 1.807) is 19.9 Å². The number of carbonyl (C=O) groups is 2. The number of benzene rings is 1. The summed E-state index contributed by atoms with van der Waals surface area (Å²) in [4.78, 5) is 28.0. The van der Waals surface area contributed by atoms with E-state index >= 15 is 0 Å². The zero-order valence-electron chi connectivity index (χ0n) is 15.2. The molecule has 0 aliphatic rings. The van der Waals surface area contributed by atoms with Gasteiger partial charge in [0.2, 0.25) is 10.0 Å². The monoisotopic (exact) mass is 391 g/mol. The third kappa shape index (κ3) is 5.87. The van der Waals surface area contributed by atoms with Gasteiger partial charge >= 0.3 is 5.97 Å². The minimum atomic E-state index is -3.61. The largest absolute Gasteiger partial charge is 0.449 e. The van der Waals surface area contributed by atoms with Crippen LogP contribution in [-0.2, 0) is 19.6 Å². The van der Waals surface area contributed by atoms with Crippen LogP contribution in [0.5, 0.6) is 0 Å². The fraction of sp³-hybridized carbons (Fsp3) is 0.278. The topological polar surface area (TPSA) is 114 Å². The SMILES string of the molecule is CC(C)NS(=O)(=O)c1ccc(NC(=O)[C@H](C)OC(=O)c2cccnc2)cc1. The van der Waals surface area contributed by atoms with Gasteiger partial charge in [0.1, 0.15) is 0 Å². The van der Waals surface area contributed by atoms with Crippen LogP contribution in [0.2, 0.25) is 0 Å². The van der Waals surface area contributed by atoms with Crippen molar-refractivity contribution >= 4 is 27.6 Å². The van der Waals surface area contributed by atoms with Gasteiger partial charge in [-0.05, 0) is 57.2 Å². The van der Waals surface area contributed by atoms with Gasteiger partial charge in [0.25, 0.3) is 5.91 Å². The highest BCUT2D eigenvalue weighted by molar-refractivity contribution is 7.89. The first kappa shape index (κ1) is 20.5. The highest BCUT2D eigenvalue weighted by Crippen LogP contribution is 2.15. The van der Waals surface area contributed by atoms with Gasteiger partial charge in [-0.1, -0.05) is 0 Å². The van der Waals surface area contributed by atoms with E-state index in [0.29, 0.717) is 5.69 Å². The number of pyridine rings is 1. The van der Waals surface area contributed by atoms with E-state index in [0.717, 1.165) is 0 Å². The van der Waals surface area contributed by atoms with E-state index < -0.39 is 28.0 Å². The van der Waals surface area contributed by atoms with Gasteiger partial charge in [0, 0.05) is 24.1 Å². The molecule has 27 heavy (non-hydrogen) atoms. The van der Waals surface area contributed by atoms with Gasteiger partial charge in [-0.2, -0.15) is 0 Å². The Kier molecular flexibility index (Phi) is 6.65. The molecule has 9 heteroatoms. The van der Waals surface area contributed by atoms with Crippen LogP contribution in [0.4, 0.5) is 5.69 Å². The fourth-order valence-electron chi connectivity index (χ4n) is 2.11. The summed E-state index contributed by atoms with van der Waals surface area (Å²) < 4.78 is 31.7. The maximum absolute atomic E-state index is 12.2. The molecule has 8 nitrogen and oxygen atoms in total. The highest BCUT2D eigenvalue weighted by atomic mass is 32.2. The molecular formula is C18H21N3O5S. The number of aromatic nitrogens is 1. The Labute approximate surface area is 158 Å². The summed E-state index contributed by atoms with van der Waals surface area (Å²) in [5, 5.41) is 2.57. The quantitative estimate of drug-likeness (QED) is 0.697. The standard InChI is InChI=1S/C18H21N3O5S/c1-12(2)21-27(24,25)16-8-6-15(7-9-16)20-17(22)13(3)26-18(23)14-5-4-10-19-11-14/h4-13,21H,1-3H3,(H,20,22)/t13-/m0/s1. The highest BCUT2D eigenvalue weighted by Gasteiger charge is 2.20. The second-order valence-corrected chi connectivity index (χ2v) is 7.79. The Balaban J connectivity index is 1.98. The molecule has 2 N–H and O–H groups in total. The smallest absolute Gasteiger partial charge is 0.340 e. The zero-order valence-corrected chi connectivity index (χ0v) is 16.0. The minimum Gasteiger partial charge on any atom is -0.449 e. The van der Waals surface area contributed by atoms with Crippen molar-refractivity contribution in [2.24, 2.45) is 0 Å². The summed E-state index contributed by atoms with van der Waals surface area (Å²) in [5.41, 5.74) is 0.622. The molecule has 1 atom stereocenters. The van der Waals surface area contributed by atoms with Gasteiger partial charge in [-0.25, -0.2) is 17.9 Å². The number of nitrogens with zero attached hydrogens (tertiary/aromatic N) is 1. The van der Waals surface area contributed by atoms with Gasteiger partial charge in [0.05, 0.1) is 10.5 Å². The Morgan fingerprint density at radius 2 is 1.74 bits per heavy atom. The molecule has 0 spiro atoms. The molecule has 0 aliphatic heterocycles. The number of hydrogen-bond acceptors (Lipinski definition) is 6. The van der Waals surface area contributed by atoms with E-state index in [1.807, 2.05) is 0 Å². The molecule has 0 aliphatic carbocycles. The lowest BCUT2D eigenvalue weighted by atomic mass is 10.2. The first-order valence-corrected chi connectivity index (χ1v) is 9.71. The molecule has 0 radical (unpaired) electrons. The molecular weight excluding hydrogens is 370 g/mol. The second-order valence-electron chi connectivity index (χ2n) is 6.08. The molecule has 2 aromatic rings. The minimum absolute atomic E-state index is 0.0882. The van der Waals surface area contributed by atoms with Crippen LogP contribution in [0.25, 0.3) is 0 Å². The Hall–Kier alpha value is -2.78. The first-order valence-electron chi connectivity index (χ1n) is 8.23. The molecule has 1 aromatic heterocycles. The summed E-state index contributed by atoms with van der Waals surface area (Å²) in [5.74, 6) is -1.20. The number of rotatable bonds is 7. The zero-order chi connectivity index (χ0) is 20.0. The first-order chi connectivity index (χ1) is 12.7. The third-order valence-corrected chi connectivity index (χ3v) is 5.05. The van der Waals surface area contributed by atoms with Crippen LogP contribution < -0.4 is 10.0 Å². The van der Waals surface area contributed by atoms with E-state index in [4.69, 9.17) is 4.74 Å². The molecule has 0 saturated heterocycles. The van der Waals surface area contributed by atoms with Crippen LogP contribution in [0, 0.1) is 0 Å². The predicted octanol–water partition coefficient (Wildman–Crippen LogP) is 1.95. The number of esters is 1. The fourth-order valence-corrected chi connectivity index (χ4v) is 3.36. The Morgan fingerprint density at radius 1 is 1.07 bits per heavy atom. The van der Waals surface area contributed by atoms with E-state index in [-0.39, 0.29) is 16.5 Å². The number of anilines is 1. The lowest BCUT2D eigenvalue weighted by Crippen LogP contribution is -2.30. The van der Waals surface area contributed by atoms with Gasteiger partial charge in [-0.3, -0.25) is 9.78 Å². The van der Waals surface area contributed by atoms with Crippen molar-refractivity contribution in [2.75, 3.05) is 5.32 Å². The Bertz CT molecular complexity index is 896. The van der Waals surface area contributed by atoms with Crippen LogP contribution in [-0.4, -0.2) is 37.4 Å². The molecule has 144 valence electrons. The Morgan fingerprint density at radius 3 is 2.30 bits per heavy atom. The number of sulfonamides is 1. The molecule has 0 saturated carbocycles. The summed E-state index contributed by atoms with van der Waals surface area (Å²) in [6.07, 6.45) is 1.83. The van der Waals surface area contributed by atoms with E-state index in [9.17, 15) is 18.0 Å². The average Bonchev–Trinajstić information content (AvgIpc) is 2.61. The number of carbonyl (C=O) groups excluding carboxylic acids is 2. The number of amides is 1. The van der Waals surface area contributed by atoms with Crippen LogP contribution >= 0.6 is 0 Å². The van der Waals surface area contributed by atoms with E-state index in [2.05, 4.69) is 15.0 Å². The van der Waals surface area contributed by atoms with Crippen LogP contribution in [0.15, 0.2) is 53.7 Å². The molecule has 1 aromatic carbocycles. The van der Waals surface area contributed by atoms with Crippen molar-refractivity contribution in [1.82, 2.24) is 9.71 Å². The lowest BCUT2D eigenvalue weighted by Gasteiger charge is -2.14. The molecule has 0 unspecified atom stereocenters. The summed E-state index contributed by atoms with van der Waals surface area (Å²) >= 11 is 0. The summed E-state index contributed by atoms with van der Waals surface area (Å²) in [6.45, 7) is 4.88. The predicted molar refractivity (Wildman–Crippen MR) is 99.6 cm³/mol. The van der Waals surface area contributed by atoms with E-state index in [1.165, 1.54) is 49.6 Å². The maximum atomic E-state index is 12.2. The normalized spacial score (nSPS) is 12.4. The molecule has 0 fully saturated rings. The van der Waals surface area contributed by atoms with Gasteiger partial charge < -0.3 is 10.1 Å². The van der Waals surface area contributed by atoms with Crippen molar-refractivity contribution in [3.63, 3.8) is 0 Å². The maximum Gasteiger partial charge on any atom is 0.340 e. The lowest BCUT2D eigenvalue weighted by molar-refractivity contribution is -0.123. The number of ether oxygens (including phenoxy) is 1. The van der Waals surface area contributed by atoms with Crippen molar-refractivity contribution in [3.05, 3.63) is 54.4 Å². The van der Waals surface area contributed by atoms with Gasteiger partial charge in [0.15, 0.2) is 6.10 Å². The number of hydrogen-bond donors (Lipinski definition) is 2. The molecule has 0 bridgehead atoms.